The fourth-order valence-corrected chi connectivity index (χ4v) is 2.10. The highest BCUT2D eigenvalue weighted by atomic mass is 16.6. The van der Waals surface area contributed by atoms with Crippen molar-refractivity contribution in [2.75, 3.05) is 6.54 Å². The normalized spacial score (nSPS) is 11.0. The molecule has 1 aromatic carbocycles. The zero-order chi connectivity index (χ0) is 18.3. The molecule has 0 aliphatic rings. The van der Waals surface area contributed by atoms with Crippen molar-refractivity contribution < 1.29 is 14.3 Å². The average Bonchev–Trinajstić information content (AvgIpc) is 3.06. The fourth-order valence-electron chi connectivity index (χ4n) is 2.10. The lowest BCUT2D eigenvalue weighted by Crippen LogP contribution is -2.35. The largest absolute Gasteiger partial charge is 0.444 e. The molecule has 0 atom stereocenters. The monoisotopic (exact) mass is 344 g/mol. The number of aromatic amines is 1. The van der Waals surface area contributed by atoms with E-state index in [1.807, 2.05) is 30.3 Å². The second-order valence-electron chi connectivity index (χ2n) is 6.62. The van der Waals surface area contributed by atoms with Gasteiger partial charge in [0.05, 0.1) is 5.69 Å². The van der Waals surface area contributed by atoms with Crippen LogP contribution in [-0.4, -0.2) is 34.3 Å². The Morgan fingerprint density at radius 1 is 1.12 bits per heavy atom. The molecular formula is C18H24N4O3. The number of hydrogen-bond acceptors (Lipinski definition) is 4. The average molecular weight is 344 g/mol. The number of carbonyl (C=O) groups is 2. The van der Waals surface area contributed by atoms with E-state index in [1.165, 1.54) is 0 Å². The number of amides is 2. The molecule has 2 aromatic rings. The molecule has 3 N–H and O–H groups in total. The number of carbonyl (C=O) groups excluding carboxylic acids is 2. The second kappa shape index (κ2) is 8.32. The first-order chi connectivity index (χ1) is 11.8. The van der Waals surface area contributed by atoms with Gasteiger partial charge < -0.3 is 15.4 Å². The molecule has 7 nitrogen and oxygen atoms in total. The molecule has 0 saturated carbocycles. The Hall–Kier alpha value is -2.83. The summed E-state index contributed by atoms with van der Waals surface area (Å²) in [4.78, 5) is 23.3. The van der Waals surface area contributed by atoms with Gasteiger partial charge in [-0.3, -0.25) is 9.89 Å². The Morgan fingerprint density at radius 2 is 1.84 bits per heavy atom. The first kappa shape index (κ1) is 18.5. The Kier molecular flexibility index (Phi) is 6.16. The minimum atomic E-state index is -0.547. The van der Waals surface area contributed by atoms with Crippen LogP contribution in [0.15, 0.2) is 36.5 Å². The van der Waals surface area contributed by atoms with E-state index in [4.69, 9.17) is 4.74 Å². The zero-order valence-corrected chi connectivity index (χ0v) is 14.8. The number of alkyl carbamates (subject to hydrolysis) is 1. The molecule has 1 heterocycles. The van der Waals surface area contributed by atoms with E-state index < -0.39 is 11.7 Å². The Balaban J connectivity index is 1.69. The summed E-state index contributed by atoms with van der Waals surface area (Å²) in [5.74, 6) is -0.131. The maximum atomic E-state index is 11.8. The van der Waals surface area contributed by atoms with Gasteiger partial charge in [0.1, 0.15) is 5.60 Å². The zero-order valence-electron chi connectivity index (χ0n) is 14.8. The lowest BCUT2D eigenvalue weighted by molar-refractivity contribution is -0.121. The number of aromatic nitrogens is 2. The Morgan fingerprint density at radius 3 is 2.44 bits per heavy atom. The number of nitrogens with zero attached hydrogens (tertiary/aromatic N) is 1. The van der Waals surface area contributed by atoms with Crippen molar-refractivity contribution in [3.63, 3.8) is 0 Å². The number of benzene rings is 1. The first-order valence-corrected chi connectivity index (χ1v) is 8.16. The summed E-state index contributed by atoms with van der Waals surface area (Å²) < 4.78 is 5.10. The van der Waals surface area contributed by atoms with Crippen molar-refractivity contribution in [3.05, 3.63) is 42.1 Å². The highest BCUT2D eigenvalue weighted by Gasteiger charge is 2.15. The standard InChI is InChI=1S/C18H24N4O3/c1-18(2,3)25-17(24)19-10-9-16(23)20-12-13-4-6-14(7-5-13)15-8-11-21-22-15/h4-8,11H,9-10,12H2,1-3H3,(H,19,24)(H,20,23)(H,21,22). The predicted octanol–water partition coefficient (Wildman–Crippen LogP) is 2.61. The van der Waals surface area contributed by atoms with E-state index in [-0.39, 0.29) is 18.9 Å². The lowest BCUT2D eigenvalue weighted by atomic mass is 10.1. The minimum absolute atomic E-state index is 0.131. The highest BCUT2D eigenvalue weighted by molar-refractivity contribution is 5.77. The maximum absolute atomic E-state index is 11.8. The third-order valence-corrected chi connectivity index (χ3v) is 3.28. The third-order valence-electron chi connectivity index (χ3n) is 3.28. The highest BCUT2D eigenvalue weighted by Crippen LogP contribution is 2.16. The second-order valence-corrected chi connectivity index (χ2v) is 6.62. The molecule has 0 aliphatic carbocycles. The van der Waals surface area contributed by atoms with Crippen molar-refractivity contribution in [2.45, 2.75) is 39.3 Å². The lowest BCUT2D eigenvalue weighted by Gasteiger charge is -2.19. The molecule has 1 aromatic heterocycles. The first-order valence-electron chi connectivity index (χ1n) is 8.16. The quantitative estimate of drug-likeness (QED) is 0.750. The predicted molar refractivity (Wildman–Crippen MR) is 94.7 cm³/mol. The molecule has 7 heteroatoms. The van der Waals surface area contributed by atoms with E-state index in [2.05, 4.69) is 20.8 Å². The van der Waals surface area contributed by atoms with Crippen LogP contribution in [0.2, 0.25) is 0 Å². The molecule has 0 saturated heterocycles. The van der Waals surface area contributed by atoms with Crippen LogP contribution in [-0.2, 0) is 16.1 Å². The van der Waals surface area contributed by atoms with Crippen LogP contribution in [0.1, 0.15) is 32.8 Å². The van der Waals surface area contributed by atoms with E-state index in [0.29, 0.717) is 6.54 Å². The van der Waals surface area contributed by atoms with Crippen molar-refractivity contribution in [3.8, 4) is 11.3 Å². The van der Waals surface area contributed by atoms with Gasteiger partial charge in [0, 0.05) is 25.7 Å². The molecule has 0 unspecified atom stereocenters. The summed E-state index contributed by atoms with van der Waals surface area (Å²) in [7, 11) is 0. The van der Waals surface area contributed by atoms with Crippen molar-refractivity contribution in [2.24, 2.45) is 0 Å². The summed E-state index contributed by atoms with van der Waals surface area (Å²) in [5.41, 5.74) is 2.43. The Labute approximate surface area is 147 Å². The van der Waals surface area contributed by atoms with Crippen LogP contribution in [0.5, 0.6) is 0 Å². The van der Waals surface area contributed by atoms with Gasteiger partial charge in [0.15, 0.2) is 0 Å². The van der Waals surface area contributed by atoms with Crippen molar-refractivity contribution in [1.29, 1.82) is 0 Å². The van der Waals surface area contributed by atoms with Crippen LogP contribution in [0.3, 0.4) is 0 Å². The van der Waals surface area contributed by atoms with Gasteiger partial charge in [-0.2, -0.15) is 5.10 Å². The van der Waals surface area contributed by atoms with Gasteiger partial charge in [-0.25, -0.2) is 4.79 Å². The SMILES string of the molecule is CC(C)(C)OC(=O)NCCC(=O)NCc1ccc(-c2ccn[nH]2)cc1. The maximum Gasteiger partial charge on any atom is 0.407 e. The van der Waals surface area contributed by atoms with Crippen molar-refractivity contribution >= 4 is 12.0 Å². The van der Waals surface area contributed by atoms with Gasteiger partial charge in [-0.1, -0.05) is 24.3 Å². The number of nitrogens with one attached hydrogen (secondary N) is 3. The fraction of sp³-hybridized carbons (Fsp3) is 0.389. The molecule has 0 radical (unpaired) electrons. The molecule has 0 spiro atoms. The van der Waals surface area contributed by atoms with Crippen LogP contribution in [0, 0.1) is 0 Å². The molecule has 25 heavy (non-hydrogen) atoms. The molecule has 0 fully saturated rings. The number of rotatable bonds is 6. The van der Waals surface area contributed by atoms with Crippen LogP contribution in [0.4, 0.5) is 4.79 Å². The molecule has 2 rings (SSSR count). The van der Waals surface area contributed by atoms with Crippen molar-refractivity contribution in [1.82, 2.24) is 20.8 Å². The van der Waals surface area contributed by atoms with Gasteiger partial charge in [-0.05, 0) is 38.0 Å². The topological polar surface area (TPSA) is 96.1 Å². The molecule has 2 amide bonds. The molecular weight excluding hydrogens is 320 g/mol. The van der Waals surface area contributed by atoms with Gasteiger partial charge in [0.2, 0.25) is 5.91 Å². The van der Waals surface area contributed by atoms with Crippen LogP contribution in [0.25, 0.3) is 11.3 Å². The summed E-state index contributed by atoms with van der Waals surface area (Å²) in [6, 6.07) is 9.75. The Bertz CT molecular complexity index is 688. The van der Waals surface area contributed by atoms with E-state index in [0.717, 1.165) is 16.8 Å². The summed E-state index contributed by atoms with van der Waals surface area (Å²) in [6.07, 6.45) is 1.38. The van der Waals surface area contributed by atoms with E-state index in [9.17, 15) is 9.59 Å². The summed E-state index contributed by atoms with van der Waals surface area (Å²) >= 11 is 0. The number of H-pyrrole nitrogens is 1. The van der Waals surface area contributed by atoms with E-state index >= 15 is 0 Å². The smallest absolute Gasteiger partial charge is 0.407 e. The van der Waals surface area contributed by atoms with Gasteiger partial charge in [-0.15, -0.1) is 0 Å². The summed E-state index contributed by atoms with van der Waals surface area (Å²) in [5, 5.41) is 12.2. The van der Waals surface area contributed by atoms with Crippen LogP contribution < -0.4 is 10.6 Å². The van der Waals surface area contributed by atoms with Gasteiger partial charge in [0.25, 0.3) is 0 Å². The molecule has 0 aliphatic heterocycles. The van der Waals surface area contributed by atoms with E-state index in [1.54, 1.807) is 27.0 Å². The minimum Gasteiger partial charge on any atom is -0.444 e. The molecule has 0 bridgehead atoms. The third kappa shape index (κ3) is 6.66. The number of hydrogen-bond donors (Lipinski definition) is 3. The number of ether oxygens (including phenoxy) is 1. The summed E-state index contributed by atoms with van der Waals surface area (Å²) in [6.45, 7) is 6.04. The molecule has 134 valence electrons. The van der Waals surface area contributed by atoms with Crippen LogP contribution >= 0.6 is 0 Å². The van der Waals surface area contributed by atoms with Gasteiger partial charge >= 0.3 is 6.09 Å².